The summed E-state index contributed by atoms with van der Waals surface area (Å²) in [5, 5.41) is 23.4. The number of carbonyl (C=O) groups excluding carboxylic acids is 3. The van der Waals surface area contributed by atoms with Gasteiger partial charge in [0.1, 0.15) is 12.6 Å². The Morgan fingerprint density at radius 1 is 0.978 bits per heavy atom. The average Bonchev–Trinajstić information content (AvgIpc) is 3.01. The zero-order chi connectivity index (χ0) is 32.9. The van der Waals surface area contributed by atoms with Gasteiger partial charge in [0.05, 0.1) is 16.7 Å². The Bertz CT molecular complexity index is 1560. The van der Waals surface area contributed by atoms with Crippen molar-refractivity contribution in [2.45, 2.75) is 44.6 Å². The fourth-order valence-electron chi connectivity index (χ4n) is 5.08. The van der Waals surface area contributed by atoms with Gasteiger partial charge in [-0.05, 0) is 35.6 Å². The van der Waals surface area contributed by atoms with Crippen molar-refractivity contribution in [1.82, 2.24) is 15.1 Å². The van der Waals surface area contributed by atoms with Gasteiger partial charge in [-0.15, -0.1) is 0 Å². The zero-order valence-corrected chi connectivity index (χ0v) is 24.3. The first-order chi connectivity index (χ1) is 21.3. The van der Waals surface area contributed by atoms with Gasteiger partial charge < -0.3 is 15.3 Å². The van der Waals surface area contributed by atoms with Crippen LogP contribution >= 0.6 is 0 Å². The van der Waals surface area contributed by atoms with Gasteiger partial charge in [0, 0.05) is 23.9 Å². The van der Waals surface area contributed by atoms with E-state index in [4.69, 9.17) is 0 Å². The number of rotatable bonds is 10. The number of aliphatic hydroxyl groups excluding tert-OH is 1. The summed E-state index contributed by atoms with van der Waals surface area (Å²) in [4.78, 5) is 53.8. The highest BCUT2D eigenvalue weighted by Gasteiger charge is 2.45. The molecule has 0 spiro atoms. The molecule has 0 saturated carbocycles. The minimum Gasteiger partial charge on any atom is -0.382 e. The summed E-state index contributed by atoms with van der Waals surface area (Å²) in [7, 11) is 0. The fourth-order valence-corrected chi connectivity index (χ4v) is 5.08. The molecule has 3 atom stereocenters. The van der Waals surface area contributed by atoms with Gasteiger partial charge in [-0.3, -0.25) is 29.4 Å². The zero-order valence-electron chi connectivity index (χ0n) is 24.3. The van der Waals surface area contributed by atoms with Crippen LogP contribution in [0.15, 0.2) is 91.1 Å². The van der Waals surface area contributed by atoms with Gasteiger partial charge in [0.15, 0.2) is 6.10 Å². The maximum atomic E-state index is 14.0. The first kappa shape index (κ1) is 32.9. The maximum Gasteiger partial charge on any atom is 0.416 e. The van der Waals surface area contributed by atoms with Crippen molar-refractivity contribution >= 4 is 29.1 Å². The summed E-state index contributed by atoms with van der Waals surface area (Å²) in [6.07, 6.45) is -6.83. The first-order valence-electron chi connectivity index (χ1n) is 14.0. The lowest BCUT2D eigenvalue weighted by molar-refractivity contribution is -0.384. The molecule has 0 radical (unpaired) electrons. The number of alkyl halides is 3. The quantitative estimate of drug-likeness (QED) is 0.251. The highest BCUT2D eigenvalue weighted by atomic mass is 19.4. The molecule has 3 amide bonds. The molecule has 3 aromatic carbocycles. The second kappa shape index (κ2) is 13.7. The summed E-state index contributed by atoms with van der Waals surface area (Å²) in [6.45, 7) is 2.68. The number of nitro groups is 1. The molecule has 1 aliphatic heterocycles. The summed E-state index contributed by atoms with van der Waals surface area (Å²) < 4.78 is 40.7. The number of hydrogen-bond acceptors (Lipinski definition) is 6. The van der Waals surface area contributed by atoms with E-state index in [2.05, 4.69) is 5.32 Å². The van der Waals surface area contributed by atoms with Crippen LogP contribution in [0.5, 0.6) is 0 Å². The molecule has 0 bridgehead atoms. The normalized spacial score (nSPS) is 16.6. The van der Waals surface area contributed by atoms with Crippen molar-refractivity contribution in [1.29, 1.82) is 0 Å². The number of benzene rings is 3. The van der Waals surface area contributed by atoms with Crippen molar-refractivity contribution in [3.63, 3.8) is 0 Å². The maximum absolute atomic E-state index is 14.0. The third kappa shape index (κ3) is 7.73. The minimum atomic E-state index is -5.02. The molecule has 3 unspecified atom stereocenters. The predicted octanol–water partition coefficient (Wildman–Crippen LogP) is 4.55. The molecular formula is C32H31F3N4O6. The Balaban J connectivity index is 1.69. The first-order valence-corrected chi connectivity index (χ1v) is 14.0. The van der Waals surface area contributed by atoms with E-state index < -0.39 is 59.5 Å². The number of nitrogens with zero attached hydrogens (tertiary/aromatic N) is 3. The number of aliphatic hydroxyl groups is 1. The number of nitro benzene ring substituents is 1. The standard InChI is InChI=1S/C32H31F3N4O6/c1-20(2)28-31(43)37(19-27(40)36-25(29(41)32(33,34)35)17-21-9-5-3-6-10-21)26(22-11-7-4-8-12-22)18-38(28)30(42)23-13-15-24(16-14-23)39(44)45/h3-16,18,20,25,28-29,41H,17,19H2,1-2H3,(H,36,40). The Hall–Kier alpha value is -5.04. The molecule has 13 heteroatoms. The van der Waals surface area contributed by atoms with Crippen LogP contribution in [0.2, 0.25) is 0 Å². The van der Waals surface area contributed by atoms with E-state index >= 15 is 0 Å². The number of amides is 3. The van der Waals surface area contributed by atoms with E-state index in [0.29, 0.717) is 11.1 Å². The molecule has 3 aromatic rings. The second-order valence-corrected chi connectivity index (χ2v) is 10.9. The number of hydrogen-bond donors (Lipinski definition) is 2. The molecule has 45 heavy (non-hydrogen) atoms. The molecule has 2 N–H and O–H groups in total. The lowest BCUT2D eigenvalue weighted by Crippen LogP contribution is -2.58. The van der Waals surface area contributed by atoms with E-state index in [1.54, 1.807) is 74.5 Å². The average molecular weight is 625 g/mol. The highest BCUT2D eigenvalue weighted by Crippen LogP contribution is 2.31. The summed E-state index contributed by atoms with van der Waals surface area (Å²) >= 11 is 0. The van der Waals surface area contributed by atoms with Crippen molar-refractivity contribution in [2.24, 2.45) is 5.92 Å². The third-order valence-electron chi connectivity index (χ3n) is 7.29. The Morgan fingerprint density at radius 2 is 1.56 bits per heavy atom. The van der Waals surface area contributed by atoms with Crippen molar-refractivity contribution < 1.29 is 37.6 Å². The number of non-ortho nitro benzene ring substituents is 1. The molecule has 0 aliphatic carbocycles. The smallest absolute Gasteiger partial charge is 0.382 e. The molecule has 0 aromatic heterocycles. The lowest BCUT2D eigenvalue weighted by atomic mass is 9.96. The summed E-state index contributed by atoms with van der Waals surface area (Å²) in [6, 6.07) is 18.4. The van der Waals surface area contributed by atoms with Gasteiger partial charge in [0.25, 0.3) is 17.5 Å². The number of halogens is 3. The lowest BCUT2D eigenvalue weighted by Gasteiger charge is -2.41. The van der Waals surface area contributed by atoms with Gasteiger partial charge in [-0.2, -0.15) is 13.2 Å². The van der Waals surface area contributed by atoms with Gasteiger partial charge in [-0.1, -0.05) is 74.5 Å². The Kier molecular flexibility index (Phi) is 10.0. The van der Waals surface area contributed by atoms with Crippen LogP contribution in [-0.4, -0.2) is 68.5 Å². The van der Waals surface area contributed by atoms with Crippen LogP contribution in [0.25, 0.3) is 5.70 Å². The van der Waals surface area contributed by atoms with E-state index in [9.17, 15) is 42.8 Å². The van der Waals surface area contributed by atoms with Crippen molar-refractivity contribution in [2.75, 3.05) is 6.54 Å². The minimum absolute atomic E-state index is 0.0822. The van der Waals surface area contributed by atoms with Gasteiger partial charge in [0.2, 0.25) is 5.91 Å². The van der Waals surface area contributed by atoms with E-state index in [1.165, 1.54) is 35.4 Å². The highest BCUT2D eigenvalue weighted by molar-refractivity contribution is 6.04. The van der Waals surface area contributed by atoms with E-state index in [0.717, 1.165) is 4.90 Å². The SMILES string of the molecule is CC(C)C1C(=O)N(CC(=O)NC(Cc2ccccc2)C(O)C(F)(F)F)C(c2ccccc2)=CN1C(=O)c1ccc([N+](=O)[O-])cc1. The third-order valence-corrected chi connectivity index (χ3v) is 7.29. The van der Waals surface area contributed by atoms with Gasteiger partial charge >= 0.3 is 6.18 Å². The number of carbonyl (C=O) groups is 3. The molecule has 10 nitrogen and oxygen atoms in total. The van der Waals surface area contributed by atoms with E-state index in [-0.39, 0.29) is 23.4 Å². The van der Waals surface area contributed by atoms with Crippen LogP contribution in [0.4, 0.5) is 18.9 Å². The summed E-state index contributed by atoms with van der Waals surface area (Å²) in [5.74, 6) is -2.71. The molecule has 1 heterocycles. The Labute approximate surface area is 256 Å². The van der Waals surface area contributed by atoms with Crippen molar-refractivity contribution in [3.8, 4) is 0 Å². The Morgan fingerprint density at radius 3 is 2.09 bits per heavy atom. The van der Waals surface area contributed by atoms with Crippen LogP contribution < -0.4 is 5.32 Å². The van der Waals surface area contributed by atoms with Gasteiger partial charge in [-0.25, -0.2) is 0 Å². The van der Waals surface area contributed by atoms with Crippen LogP contribution in [0.3, 0.4) is 0 Å². The van der Waals surface area contributed by atoms with E-state index in [1.807, 2.05) is 0 Å². The molecule has 236 valence electrons. The largest absolute Gasteiger partial charge is 0.416 e. The molecular weight excluding hydrogens is 593 g/mol. The van der Waals surface area contributed by atoms with Crippen LogP contribution in [-0.2, 0) is 16.0 Å². The predicted molar refractivity (Wildman–Crippen MR) is 158 cm³/mol. The number of nitrogens with one attached hydrogen (secondary N) is 1. The topological polar surface area (TPSA) is 133 Å². The van der Waals surface area contributed by atoms with Crippen LogP contribution in [0, 0.1) is 16.0 Å². The molecule has 0 saturated heterocycles. The molecule has 1 aliphatic rings. The molecule has 4 rings (SSSR count). The van der Waals surface area contributed by atoms with Crippen molar-refractivity contribution in [3.05, 3.63) is 118 Å². The van der Waals surface area contributed by atoms with Crippen LogP contribution in [0.1, 0.15) is 35.3 Å². The molecule has 0 fully saturated rings. The fraction of sp³-hybridized carbons (Fsp3) is 0.281. The monoisotopic (exact) mass is 624 g/mol. The summed E-state index contributed by atoms with van der Waals surface area (Å²) in [5.41, 5.74) is 0.891. The second-order valence-electron chi connectivity index (χ2n) is 10.9.